The van der Waals surface area contributed by atoms with Gasteiger partial charge in [-0.25, -0.2) is 0 Å². The third-order valence-corrected chi connectivity index (χ3v) is 3.49. The van der Waals surface area contributed by atoms with Crippen LogP contribution in [0.2, 0.25) is 5.02 Å². The molecule has 15 heavy (non-hydrogen) atoms. The van der Waals surface area contributed by atoms with Gasteiger partial charge in [-0.05, 0) is 43.5 Å². The van der Waals surface area contributed by atoms with Crippen molar-refractivity contribution in [2.75, 3.05) is 14.2 Å². The molecule has 1 aliphatic carbocycles. The molecule has 0 aromatic heterocycles. The van der Waals surface area contributed by atoms with Crippen molar-refractivity contribution < 1.29 is 4.74 Å². The number of benzene rings is 1. The quantitative estimate of drug-likeness (QED) is 0.854. The maximum Gasteiger partial charge on any atom is 0.137 e. The van der Waals surface area contributed by atoms with E-state index < -0.39 is 0 Å². The van der Waals surface area contributed by atoms with Gasteiger partial charge >= 0.3 is 0 Å². The molecular weight excluding hydrogens is 210 g/mol. The Morgan fingerprint density at radius 3 is 2.67 bits per heavy atom. The number of methoxy groups -OCH3 is 1. The zero-order valence-corrected chi connectivity index (χ0v) is 9.84. The number of ether oxygens (including phenoxy) is 1. The molecule has 1 aromatic carbocycles. The van der Waals surface area contributed by atoms with Crippen LogP contribution in [0.1, 0.15) is 24.3 Å². The summed E-state index contributed by atoms with van der Waals surface area (Å²) in [5, 5.41) is 3.99. The van der Waals surface area contributed by atoms with Gasteiger partial charge in [0.05, 0.1) is 12.1 Å². The predicted octanol–water partition coefficient (Wildman–Crippen LogP) is 2.81. The van der Waals surface area contributed by atoms with Crippen molar-refractivity contribution >= 4 is 11.6 Å². The zero-order valence-electron chi connectivity index (χ0n) is 9.09. The second kappa shape index (κ2) is 4.42. The second-order valence-corrected chi connectivity index (χ2v) is 4.46. The Morgan fingerprint density at radius 2 is 2.13 bits per heavy atom. The van der Waals surface area contributed by atoms with Gasteiger partial charge in [-0.1, -0.05) is 17.7 Å². The molecule has 1 aliphatic rings. The highest BCUT2D eigenvalue weighted by Crippen LogP contribution is 2.39. The van der Waals surface area contributed by atoms with E-state index in [4.69, 9.17) is 16.3 Å². The first-order chi connectivity index (χ1) is 7.24. The van der Waals surface area contributed by atoms with Gasteiger partial charge in [0.1, 0.15) is 5.75 Å². The van der Waals surface area contributed by atoms with Gasteiger partial charge in [-0.3, -0.25) is 0 Å². The summed E-state index contributed by atoms with van der Waals surface area (Å²) >= 11 is 6.08. The van der Waals surface area contributed by atoms with Gasteiger partial charge in [0.25, 0.3) is 0 Å². The van der Waals surface area contributed by atoms with E-state index in [-0.39, 0.29) is 0 Å². The Morgan fingerprint density at radius 1 is 1.40 bits per heavy atom. The minimum atomic E-state index is 0.658. The lowest BCUT2D eigenvalue weighted by Crippen LogP contribution is -2.37. The molecule has 0 amide bonds. The molecule has 0 bridgehead atoms. The fourth-order valence-corrected chi connectivity index (χ4v) is 2.33. The molecule has 0 unspecified atom stereocenters. The van der Waals surface area contributed by atoms with E-state index in [1.165, 1.54) is 18.4 Å². The lowest BCUT2D eigenvalue weighted by molar-refractivity contribution is 0.307. The number of hydrogen-bond acceptors (Lipinski definition) is 2. The zero-order chi connectivity index (χ0) is 10.8. The molecular formula is C12H16ClNO. The summed E-state index contributed by atoms with van der Waals surface area (Å²) in [5.41, 5.74) is 1.33. The third-order valence-electron chi connectivity index (χ3n) is 3.19. The molecule has 0 saturated heterocycles. The molecule has 0 radical (unpaired) electrons. The van der Waals surface area contributed by atoms with Crippen LogP contribution in [-0.4, -0.2) is 20.2 Å². The first kappa shape index (κ1) is 10.8. The largest absolute Gasteiger partial charge is 0.495 e. The maximum atomic E-state index is 6.08. The number of nitrogens with one attached hydrogen (secondary N) is 1. The second-order valence-electron chi connectivity index (χ2n) is 4.05. The van der Waals surface area contributed by atoms with Crippen molar-refractivity contribution in [3.63, 3.8) is 0 Å². The topological polar surface area (TPSA) is 21.3 Å². The highest BCUT2D eigenvalue weighted by Gasteiger charge is 2.29. The standard InChI is InChI=1S/C12H16ClNO/c1-14-10-5-9(6-10)8-3-4-12(15-2)11(13)7-8/h3-4,7,9-10,14H,5-6H2,1-2H3. The van der Waals surface area contributed by atoms with E-state index in [1.54, 1.807) is 7.11 Å². The Balaban J connectivity index is 2.08. The van der Waals surface area contributed by atoms with Crippen molar-refractivity contribution in [3.8, 4) is 5.75 Å². The molecule has 1 saturated carbocycles. The minimum Gasteiger partial charge on any atom is -0.495 e. The number of rotatable bonds is 3. The average molecular weight is 226 g/mol. The lowest BCUT2D eigenvalue weighted by atomic mass is 9.76. The molecule has 1 aromatic rings. The van der Waals surface area contributed by atoms with Crippen molar-refractivity contribution in [2.24, 2.45) is 0 Å². The van der Waals surface area contributed by atoms with E-state index >= 15 is 0 Å². The molecule has 1 fully saturated rings. The SMILES string of the molecule is CNC1CC(c2ccc(OC)c(Cl)c2)C1. The number of halogens is 1. The molecule has 2 nitrogen and oxygen atoms in total. The van der Waals surface area contributed by atoms with Crippen LogP contribution in [0.15, 0.2) is 18.2 Å². The van der Waals surface area contributed by atoms with Gasteiger partial charge < -0.3 is 10.1 Å². The summed E-state index contributed by atoms with van der Waals surface area (Å²) in [4.78, 5) is 0. The normalized spacial score (nSPS) is 24.7. The molecule has 0 heterocycles. The van der Waals surface area contributed by atoms with Crippen LogP contribution >= 0.6 is 11.6 Å². The molecule has 0 spiro atoms. The molecule has 82 valence electrons. The summed E-state index contributed by atoms with van der Waals surface area (Å²) < 4.78 is 5.13. The average Bonchev–Trinajstić information content (AvgIpc) is 2.16. The molecule has 0 atom stereocenters. The van der Waals surface area contributed by atoms with Crippen molar-refractivity contribution in [1.82, 2.24) is 5.32 Å². The third kappa shape index (κ3) is 2.11. The lowest BCUT2D eigenvalue weighted by Gasteiger charge is -2.35. The van der Waals surface area contributed by atoms with Crippen LogP contribution in [0.3, 0.4) is 0 Å². The van der Waals surface area contributed by atoms with Gasteiger partial charge in [-0.15, -0.1) is 0 Å². The van der Waals surface area contributed by atoms with Crippen LogP contribution in [0.25, 0.3) is 0 Å². The van der Waals surface area contributed by atoms with E-state index in [9.17, 15) is 0 Å². The predicted molar refractivity (Wildman–Crippen MR) is 62.8 cm³/mol. The monoisotopic (exact) mass is 225 g/mol. The molecule has 3 heteroatoms. The van der Waals surface area contributed by atoms with E-state index in [0.29, 0.717) is 17.0 Å². The van der Waals surface area contributed by atoms with Crippen LogP contribution in [0.4, 0.5) is 0 Å². The van der Waals surface area contributed by atoms with Crippen molar-refractivity contribution in [1.29, 1.82) is 0 Å². The molecule has 2 rings (SSSR count). The first-order valence-corrected chi connectivity index (χ1v) is 5.63. The van der Waals surface area contributed by atoms with Crippen LogP contribution in [0.5, 0.6) is 5.75 Å². The van der Waals surface area contributed by atoms with E-state index in [2.05, 4.69) is 11.4 Å². The van der Waals surface area contributed by atoms with Gasteiger partial charge in [0.2, 0.25) is 0 Å². The van der Waals surface area contributed by atoms with Crippen molar-refractivity contribution in [3.05, 3.63) is 28.8 Å². The van der Waals surface area contributed by atoms with Gasteiger partial charge in [-0.2, -0.15) is 0 Å². The summed E-state index contributed by atoms with van der Waals surface area (Å²) in [6.07, 6.45) is 2.41. The van der Waals surface area contributed by atoms with E-state index in [0.717, 1.165) is 5.75 Å². The van der Waals surface area contributed by atoms with Crippen molar-refractivity contribution in [2.45, 2.75) is 24.8 Å². The van der Waals surface area contributed by atoms with Crippen LogP contribution < -0.4 is 10.1 Å². The first-order valence-electron chi connectivity index (χ1n) is 5.25. The molecule has 0 aliphatic heterocycles. The Kier molecular flexibility index (Phi) is 3.17. The van der Waals surface area contributed by atoms with Crippen LogP contribution in [0, 0.1) is 0 Å². The van der Waals surface area contributed by atoms with Gasteiger partial charge in [0, 0.05) is 6.04 Å². The summed E-state index contributed by atoms with van der Waals surface area (Å²) in [7, 11) is 3.66. The Hall–Kier alpha value is -0.730. The Bertz CT molecular complexity index is 347. The summed E-state index contributed by atoms with van der Waals surface area (Å²) in [6.45, 7) is 0. The number of hydrogen-bond donors (Lipinski definition) is 1. The smallest absolute Gasteiger partial charge is 0.137 e. The van der Waals surface area contributed by atoms with Gasteiger partial charge in [0.15, 0.2) is 0 Å². The van der Waals surface area contributed by atoms with Crippen LogP contribution in [-0.2, 0) is 0 Å². The highest BCUT2D eigenvalue weighted by molar-refractivity contribution is 6.32. The fourth-order valence-electron chi connectivity index (χ4n) is 2.06. The molecule has 1 N–H and O–H groups in total. The minimum absolute atomic E-state index is 0.658. The maximum absolute atomic E-state index is 6.08. The Labute approximate surface area is 95.6 Å². The highest BCUT2D eigenvalue weighted by atomic mass is 35.5. The summed E-state index contributed by atoms with van der Waals surface area (Å²) in [5.74, 6) is 1.41. The van der Waals surface area contributed by atoms with E-state index in [1.807, 2.05) is 19.2 Å². The summed E-state index contributed by atoms with van der Waals surface area (Å²) in [6, 6.07) is 6.76. The fraction of sp³-hybridized carbons (Fsp3) is 0.500.